The first-order chi connectivity index (χ1) is 11.1. The summed E-state index contributed by atoms with van der Waals surface area (Å²) < 4.78 is 12.6. The molecule has 2 aromatic rings. The van der Waals surface area contributed by atoms with E-state index in [4.69, 9.17) is 9.47 Å². The molecule has 6 heteroatoms. The number of nitrogens with zero attached hydrogens (tertiary/aromatic N) is 3. The van der Waals surface area contributed by atoms with Crippen LogP contribution in [0.15, 0.2) is 36.4 Å². The molecule has 0 aliphatic heterocycles. The standard InChI is InChI=1S/C17H23N3O3/c1-13(2)11-20-17(16(12-21)18-19-20)5-4-10-23-15-8-6-14(22-3)7-9-15/h6-9,21H,1,4-5,10-12H2,2-3H3. The van der Waals surface area contributed by atoms with Crippen molar-refractivity contribution in [2.45, 2.75) is 32.9 Å². The molecule has 0 aliphatic rings. The molecule has 0 saturated heterocycles. The van der Waals surface area contributed by atoms with Crippen LogP contribution in [0.3, 0.4) is 0 Å². The van der Waals surface area contributed by atoms with Crippen LogP contribution in [0.5, 0.6) is 11.5 Å². The van der Waals surface area contributed by atoms with Crippen molar-refractivity contribution in [2.75, 3.05) is 13.7 Å². The first-order valence-electron chi connectivity index (χ1n) is 7.57. The Hall–Kier alpha value is -2.34. The van der Waals surface area contributed by atoms with Gasteiger partial charge in [0.25, 0.3) is 0 Å². The van der Waals surface area contributed by atoms with E-state index in [-0.39, 0.29) is 6.61 Å². The van der Waals surface area contributed by atoms with Gasteiger partial charge in [-0.25, -0.2) is 4.68 Å². The molecule has 1 heterocycles. The second kappa shape index (κ2) is 8.33. The number of aliphatic hydroxyl groups excluding tert-OH is 1. The maximum absolute atomic E-state index is 9.37. The largest absolute Gasteiger partial charge is 0.497 e. The van der Waals surface area contributed by atoms with E-state index < -0.39 is 0 Å². The molecule has 0 fully saturated rings. The fourth-order valence-corrected chi connectivity index (χ4v) is 2.25. The molecule has 0 spiro atoms. The SMILES string of the molecule is C=C(C)Cn1nnc(CO)c1CCCOc1ccc(OC)cc1. The summed E-state index contributed by atoms with van der Waals surface area (Å²) in [7, 11) is 1.64. The molecular weight excluding hydrogens is 294 g/mol. The maximum atomic E-state index is 9.37. The molecule has 0 saturated carbocycles. The van der Waals surface area contributed by atoms with Crippen LogP contribution in [-0.4, -0.2) is 33.8 Å². The predicted octanol–water partition coefficient (Wildman–Crippen LogP) is 2.37. The molecular formula is C17H23N3O3. The lowest BCUT2D eigenvalue weighted by atomic mass is 10.2. The molecule has 1 aromatic carbocycles. The molecule has 1 aromatic heterocycles. The van der Waals surface area contributed by atoms with Crippen molar-refractivity contribution in [1.82, 2.24) is 15.0 Å². The van der Waals surface area contributed by atoms with Gasteiger partial charge in [0.1, 0.15) is 17.2 Å². The lowest BCUT2D eigenvalue weighted by Gasteiger charge is -2.09. The lowest BCUT2D eigenvalue weighted by Crippen LogP contribution is -2.09. The van der Waals surface area contributed by atoms with Gasteiger partial charge in [-0.3, -0.25) is 0 Å². The van der Waals surface area contributed by atoms with E-state index in [1.807, 2.05) is 31.2 Å². The van der Waals surface area contributed by atoms with Crippen molar-refractivity contribution in [2.24, 2.45) is 0 Å². The number of allylic oxidation sites excluding steroid dienone is 1. The van der Waals surface area contributed by atoms with E-state index in [1.54, 1.807) is 11.8 Å². The van der Waals surface area contributed by atoms with Gasteiger partial charge in [-0.2, -0.15) is 0 Å². The number of ether oxygens (including phenoxy) is 2. The summed E-state index contributed by atoms with van der Waals surface area (Å²) in [4.78, 5) is 0. The molecule has 0 unspecified atom stereocenters. The van der Waals surface area contributed by atoms with Crippen LogP contribution in [0.1, 0.15) is 24.7 Å². The molecule has 0 aliphatic carbocycles. The molecule has 23 heavy (non-hydrogen) atoms. The lowest BCUT2D eigenvalue weighted by molar-refractivity contribution is 0.274. The third-order valence-corrected chi connectivity index (χ3v) is 3.37. The quantitative estimate of drug-likeness (QED) is 0.568. The van der Waals surface area contributed by atoms with E-state index in [0.717, 1.165) is 35.6 Å². The van der Waals surface area contributed by atoms with Gasteiger partial charge in [-0.1, -0.05) is 17.4 Å². The summed E-state index contributed by atoms with van der Waals surface area (Å²) in [6.07, 6.45) is 1.55. The van der Waals surface area contributed by atoms with Crippen LogP contribution >= 0.6 is 0 Å². The zero-order valence-corrected chi connectivity index (χ0v) is 13.7. The Morgan fingerprint density at radius 3 is 2.57 bits per heavy atom. The Morgan fingerprint density at radius 2 is 1.96 bits per heavy atom. The Balaban J connectivity index is 1.87. The minimum absolute atomic E-state index is 0.106. The van der Waals surface area contributed by atoms with Crippen LogP contribution in [-0.2, 0) is 19.6 Å². The van der Waals surface area contributed by atoms with E-state index >= 15 is 0 Å². The molecule has 124 valence electrons. The van der Waals surface area contributed by atoms with Crippen LogP contribution in [0.25, 0.3) is 0 Å². The molecule has 6 nitrogen and oxygen atoms in total. The summed E-state index contributed by atoms with van der Waals surface area (Å²) in [5.41, 5.74) is 2.56. The Labute approximate surface area is 136 Å². The highest BCUT2D eigenvalue weighted by Gasteiger charge is 2.12. The summed E-state index contributed by atoms with van der Waals surface area (Å²) in [6.45, 7) is 6.92. The molecule has 0 atom stereocenters. The zero-order valence-electron chi connectivity index (χ0n) is 13.7. The highest BCUT2D eigenvalue weighted by molar-refractivity contribution is 5.31. The van der Waals surface area contributed by atoms with Gasteiger partial charge < -0.3 is 14.6 Å². The van der Waals surface area contributed by atoms with Gasteiger partial charge in [-0.15, -0.1) is 5.10 Å². The van der Waals surface area contributed by atoms with E-state index in [1.165, 1.54) is 0 Å². The van der Waals surface area contributed by atoms with E-state index in [9.17, 15) is 5.11 Å². The maximum Gasteiger partial charge on any atom is 0.119 e. The van der Waals surface area contributed by atoms with Gasteiger partial charge in [0.05, 0.1) is 32.6 Å². The number of aliphatic hydroxyl groups is 1. The first-order valence-corrected chi connectivity index (χ1v) is 7.57. The van der Waals surface area contributed by atoms with Crippen LogP contribution in [0.2, 0.25) is 0 Å². The Morgan fingerprint density at radius 1 is 1.26 bits per heavy atom. The normalized spacial score (nSPS) is 10.6. The summed E-state index contributed by atoms with van der Waals surface area (Å²) in [5.74, 6) is 1.61. The minimum atomic E-state index is -0.106. The van der Waals surface area contributed by atoms with Gasteiger partial charge >= 0.3 is 0 Å². The second-order valence-electron chi connectivity index (χ2n) is 5.38. The third-order valence-electron chi connectivity index (χ3n) is 3.37. The van der Waals surface area contributed by atoms with Gasteiger partial charge in [-0.05, 0) is 44.0 Å². The minimum Gasteiger partial charge on any atom is -0.497 e. The number of hydrogen-bond acceptors (Lipinski definition) is 5. The Bertz CT molecular complexity index is 635. The van der Waals surface area contributed by atoms with Crippen LogP contribution < -0.4 is 9.47 Å². The highest BCUT2D eigenvalue weighted by Crippen LogP contribution is 2.17. The van der Waals surface area contributed by atoms with Crippen LogP contribution in [0, 0.1) is 0 Å². The second-order valence-corrected chi connectivity index (χ2v) is 5.38. The average Bonchev–Trinajstić information content (AvgIpc) is 2.93. The first kappa shape index (κ1) is 17.0. The smallest absolute Gasteiger partial charge is 0.119 e. The number of hydrogen-bond donors (Lipinski definition) is 1. The summed E-state index contributed by atoms with van der Waals surface area (Å²) in [5, 5.41) is 17.5. The van der Waals surface area contributed by atoms with Crippen molar-refractivity contribution in [1.29, 1.82) is 0 Å². The topological polar surface area (TPSA) is 69.4 Å². The van der Waals surface area contributed by atoms with Crippen molar-refractivity contribution < 1.29 is 14.6 Å². The fraction of sp³-hybridized carbons (Fsp3) is 0.412. The average molecular weight is 317 g/mol. The van der Waals surface area contributed by atoms with E-state index in [0.29, 0.717) is 18.8 Å². The monoisotopic (exact) mass is 317 g/mol. The van der Waals surface area contributed by atoms with Gasteiger partial charge in [0, 0.05) is 0 Å². The van der Waals surface area contributed by atoms with Gasteiger partial charge in [0.2, 0.25) is 0 Å². The van der Waals surface area contributed by atoms with Crippen molar-refractivity contribution in [3.8, 4) is 11.5 Å². The fourth-order valence-electron chi connectivity index (χ4n) is 2.25. The van der Waals surface area contributed by atoms with Crippen molar-refractivity contribution in [3.05, 3.63) is 47.8 Å². The third kappa shape index (κ3) is 4.82. The Kier molecular flexibility index (Phi) is 6.17. The van der Waals surface area contributed by atoms with Crippen molar-refractivity contribution in [3.63, 3.8) is 0 Å². The predicted molar refractivity (Wildman–Crippen MR) is 87.6 cm³/mol. The molecule has 0 radical (unpaired) electrons. The number of methoxy groups -OCH3 is 1. The van der Waals surface area contributed by atoms with Gasteiger partial charge in [0.15, 0.2) is 0 Å². The summed E-state index contributed by atoms with van der Waals surface area (Å²) >= 11 is 0. The van der Waals surface area contributed by atoms with Crippen LogP contribution in [0.4, 0.5) is 0 Å². The summed E-state index contributed by atoms with van der Waals surface area (Å²) in [6, 6.07) is 7.49. The number of benzene rings is 1. The molecule has 0 amide bonds. The van der Waals surface area contributed by atoms with Crippen molar-refractivity contribution >= 4 is 0 Å². The van der Waals surface area contributed by atoms with E-state index in [2.05, 4.69) is 16.9 Å². The molecule has 1 N–H and O–H groups in total. The molecule has 0 bridgehead atoms. The zero-order chi connectivity index (χ0) is 16.7. The molecule has 2 rings (SSSR count). The highest BCUT2D eigenvalue weighted by atomic mass is 16.5. The number of rotatable bonds is 9. The number of aromatic nitrogens is 3.